The fraction of sp³-hybridized carbons (Fsp3) is 0.333. The molecule has 0 saturated carbocycles. The molecule has 3 rings (SSSR count). The number of rotatable bonds is 2. The molecule has 1 aromatic heterocycles. The van der Waals surface area contributed by atoms with E-state index in [1.165, 1.54) is 0 Å². The molecule has 5 nitrogen and oxygen atoms in total. The smallest absolute Gasteiger partial charge is 0.262 e. The van der Waals surface area contributed by atoms with Crippen molar-refractivity contribution in [2.75, 3.05) is 13.2 Å². The highest BCUT2D eigenvalue weighted by Gasteiger charge is 2.21. The maximum absolute atomic E-state index is 12.3. The number of hydrogen-bond acceptors (Lipinski definition) is 4. The van der Waals surface area contributed by atoms with E-state index in [4.69, 9.17) is 4.74 Å². The van der Waals surface area contributed by atoms with Crippen molar-refractivity contribution in [3.8, 4) is 17.0 Å². The molecule has 0 amide bonds. The van der Waals surface area contributed by atoms with Crippen molar-refractivity contribution in [1.29, 1.82) is 0 Å². The molecule has 1 saturated heterocycles. The van der Waals surface area contributed by atoms with Crippen LogP contribution >= 0.6 is 15.9 Å². The van der Waals surface area contributed by atoms with Gasteiger partial charge in [-0.25, -0.2) is 0 Å². The van der Waals surface area contributed by atoms with Crippen molar-refractivity contribution < 1.29 is 9.84 Å². The highest BCUT2D eigenvalue weighted by molar-refractivity contribution is 9.10. The van der Waals surface area contributed by atoms with E-state index in [0.717, 1.165) is 17.3 Å². The van der Waals surface area contributed by atoms with Gasteiger partial charge in [-0.05, 0) is 30.5 Å². The summed E-state index contributed by atoms with van der Waals surface area (Å²) in [7, 11) is 0. The number of aromatic nitrogens is 2. The first kappa shape index (κ1) is 14.3. The Morgan fingerprint density at radius 2 is 2.10 bits per heavy atom. The number of H-pyrrole nitrogens is 1. The van der Waals surface area contributed by atoms with Gasteiger partial charge in [0.05, 0.1) is 0 Å². The Labute approximate surface area is 130 Å². The summed E-state index contributed by atoms with van der Waals surface area (Å²) < 4.78 is 6.14. The Hall–Kier alpha value is -1.66. The van der Waals surface area contributed by atoms with Crippen LogP contribution in [0.5, 0.6) is 5.88 Å². The molecule has 0 bridgehead atoms. The van der Waals surface area contributed by atoms with Crippen molar-refractivity contribution in [3.05, 3.63) is 44.9 Å². The van der Waals surface area contributed by atoms with E-state index < -0.39 is 0 Å². The van der Waals surface area contributed by atoms with Crippen LogP contribution in [-0.4, -0.2) is 28.3 Å². The zero-order chi connectivity index (χ0) is 14.8. The Morgan fingerprint density at radius 3 is 2.76 bits per heavy atom. The Morgan fingerprint density at radius 1 is 1.33 bits per heavy atom. The molecule has 1 fully saturated rings. The Balaban J connectivity index is 2.02. The van der Waals surface area contributed by atoms with Crippen molar-refractivity contribution in [2.45, 2.75) is 18.8 Å². The van der Waals surface area contributed by atoms with Crippen LogP contribution in [0, 0.1) is 0 Å². The fourth-order valence-corrected chi connectivity index (χ4v) is 2.95. The number of nitrogens with one attached hydrogen (secondary N) is 1. The van der Waals surface area contributed by atoms with E-state index in [0.29, 0.717) is 24.6 Å². The van der Waals surface area contributed by atoms with E-state index in [1.54, 1.807) is 12.1 Å². The highest BCUT2D eigenvalue weighted by Crippen LogP contribution is 2.29. The summed E-state index contributed by atoms with van der Waals surface area (Å²) >= 11 is 3.36. The molecular weight excluding hydrogens is 336 g/mol. The monoisotopic (exact) mass is 350 g/mol. The number of aromatic amines is 1. The molecule has 0 atom stereocenters. The van der Waals surface area contributed by atoms with Gasteiger partial charge in [0.1, 0.15) is 11.4 Å². The van der Waals surface area contributed by atoms with E-state index in [2.05, 4.69) is 25.9 Å². The van der Waals surface area contributed by atoms with Crippen LogP contribution in [-0.2, 0) is 4.74 Å². The minimum atomic E-state index is -0.318. The van der Waals surface area contributed by atoms with E-state index in [1.807, 2.05) is 12.1 Å². The molecule has 21 heavy (non-hydrogen) atoms. The van der Waals surface area contributed by atoms with Gasteiger partial charge in [-0.3, -0.25) is 4.79 Å². The van der Waals surface area contributed by atoms with Crippen LogP contribution in [0.25, 0.3) is 11.1 Å². The second-order valence-electron chi connectivity index (χ2n) is 5.05. The van der Waals surface area contributed by atoms with Crippen molar-refractivity contribution >= 4 is 15.9 Å². The molecule has 2 N–H and O–H groups in total. The summed E-state index contributed by atoms with van der Waals surface area (Å²) in [5.74, 6) is 0.451. The Kier molecular flexibility index (Phi) is 4.07. The summed E-state index contributed by atoms with van der Waals surface area (Å²) in [6, 6.07) is 7.22. The molecule has 0 radical (unpaired) electrons. The summed E-state index contributed by atoms with van der Waals surface area (Å²) in [6.07, 6.45) is 1.61. The minimum Gasteiger partial charge on any atom is -0.493 e. The zero-order valence-corrected chi connectivity index (χ0v) is 12.9. The topological polar surface area (TPSA) is 75.2 Å². The SMILES string of the molecule is O=c1[nH]c(C2CCOCC2)nc(O)c1-c1cccc(Br)c1. The quantitative estimate of drug-likeness (QED) is 0.873. The van der Waals surface area contributed by atoms with E-state index in [9.17, 15) is 9.90 Å². The lowest BCUT2D eigenvalue weighted by Crippen LogP contribution is -2.21. The lowest BCUT2D eigenvalue weighted by atomic mass is 9.99. The van der Waals surface area contributed by atoms with Crippen LogP contribution in [0.1, 0.15) is 24.6 Å². The standard InChI is InChI=1S/C15H15BrN2O3/c16-11-3-1-2-10(8-11)12-14(19)17-13(18-15(12)20)9-4-6-21-7-5-9/h1-3,8-9H,4-7H2,(H2,17,18,19,20). The summed E-state index contributed by atoms with van der Waals surface area (Å²) in [5, 5.41) is 10.2. The predicted octanol–water partition coefficient (Wildman–Crippen LogP) is 2.80. The van der Waals surface area contributed by atoms with Crippen LogP contribution in [0.3, 0.4) is 0 Å². The Bertz CT molecular complexity index is 708. The van der Waals surface area contributed by atoms with Gasteiger partial charge in [0.25, 0.3) is 5.56 Å². The first-order valence-electron chi connectivity index (χ1n) is 6.82. The number of hydrogen-bond donors (Lipinski definition) is 2. The fourth-order valence-electron chi connectivity index (χ4n) is 2.55. The minimum absolute atomic E-state index is 0.133. The number of aromatic hydroxyl groups is 1. The van der Waals surface area contributed by atoms with Crippen LogP contribution < -0.4 is 5.56 Å². The van der Waals surface area contributed by atoms with Crippen molar-refractivity contribution in [2.24, 2.45) is 0 Å². The van der Waals surface area contributed by atoms with Crippen molar-refractivity contribution in [1.82, 2.24) is 9.97 Å². The third kappa shape index (κ3) is 3.01. The van der Waals surface area contributed by atoms with Crippen LogP contribution in [0.15, 0.2) is 33.5 Å². The van der Waals surface area contributed by atoms with Gasteiger partial charge in [-0.2, -0.15) is 4.98 Å². The first-order chi connectivity index (χ1) is 10.1. The maximum atomic E-state index is 12.3. The molecule has 6 heteroatoms. The number of ether oxygens (including phenoxy) is 1. The lowest BCUT2D eigenvalue weighted by molar-refractivity contribution is 0.0834. The van der Waals surface area contributed by atoms with Gasteiger partial charge in [-0.1, -0.05) is 28.1 Å². The van der Waals surface area contributed by atoms with Gasteiger partial charge in [0.15, 0.2) is 0 Å². The summed E-state index contributed by atoms with van der Waals surface area (Å²) in [6.45, 7) is 1.31. The van der Waals surface area contributed by atoms with Crippen LogP contribution in [0.2, 0.25) is 0 Å². The zero-order valence-electron chi connectivity index (χ0n) is 11.3. The normalized spacial score (nSPS) is 16.0. The third-order valence-electron chi connectivity index (χ3n) is 3.64. The molecule has 0 aliphatic carbocycles. The first-order valence-corrected chi connectivity index (χ1v) is 7.61. The van der Waals surface area contributed by atoms with E-state index >= 15 is 0 Å². The highest BCUT2D eigenvalue weighted by atomic mass is 79.9. The third-order valence-corrected chi connectivity index (χ3v) is 4.13. The van der Waals surface area contributed by atoms with Crippen molar-refractivity contribution in [3.63, 3.8) is 0 Å². The molecular formula is C15H15BrN2O3. The molecule has 0 spiro atoms. The van der Waals surface area contributed by atoms with Gasteiger partial charge < -0.3 is 14.8 Å². The molecule has 2 aromatic rings. The molecule has 110 valence electrons. The number of nitrogens with zero attached hydrogens (tertiary/aromatic N) is 1. The molecule has 1 aromatic carbocycles. The van der Waals surface area contributed by atoms with Gasteiger partial charge in [0, 0.05) is 23.6 Å². The second-order valence-corrected chi connectivity index (χ2v) is 5.96. The van der Waals surface area contributed by atoms with Gasteiger partial charge >= 0.3 is 0 Å². The average molecular weight is 351 g/mol. The number of benzene rings is 1. The van der Waals surface area contributed by atoms with E-state index in [-0.39, 0.29) is 22.9 Å². The van der Waals surface area contributed by atoms with Crippen LogP contribution in [0.4, 0.5) is 0 Å². The molecule has 1 aliphatic heterocycles. The lowest BCUT2D eigenvalue weighted by Gasteiger charge is -2.21. The predicted molar refractivity (Wildman–Crippen MR) is 82.5 cm³/mol. The number of halogens is 1. The molecule has 1 aliphatic rings. The second kappa shape index (κ2) is 5.99. The van der Waals surface area contributed by atoms with Gasteiger partial charge in [-0.15, -0.1) is 0 Å². The maximum Gasteiger partial charge on any atom is 0.262 e. The average Bonchev–Trinajstić information content (AvgIpc) is 2.47. The molecule has 2 heterocycles. The molecule has 0 unspecified atom stereocenters. The van der Waals surface area contributed by atoms with Gasteiger partial charge in [0.2, 0.25) is 5.88 Å². The summed E-state index contributed by atoms with van der Waals surface area (Å²) in [5.41, 5.74) is 0.517. The largest absolute Gasteiger partial charge is 0.493 e. The summed E-state index contributed by atoms with van der Waals surface area (Å²) in [4.78, 5) is 19.3.